The predicted molar refractivity (Wildman–Crippen MR) is 64.6 cm³/mol. The Kier molecular flexibility index (Phi) is 3.54. The smallest absolute Gasteiger partial charge is 0.103 e. The molecule has 1 atom stereocenters. The summed E-state index contributed by atoms with van der Waals surface area (Å²) in [5.74, 6) is 0. The summed E-state index contributed by atoms with van der Waals surface area (Å²) in [6.45, 7) is 12.2. The van der Waals surface area contributed by atoms with Crippen molar-refractivity contribution in [2.24, 2.45) is 0 Å². The highest BCUT2D eigenvalue weighted by atomic mass is 28.4. The molecule has 0 aromatic carbocycles. The molecule has 0 aromatic heterocycles. The van der Waals surface area contributed by atoms with E-state index >= 15 is 0 Å². The molecule has 13 heavy (non-hydrogen) atoms. The van der Waals surface area contributed by atoms with Gasteiger partial charge in [0.2, 0.25) is 0 Å². The van der Waals surface area contributed by atoms with Gasteiger partial charge in [-0.05, 0) is 19.3 Å². The summed E-state index contributed by atoms with van der Waals surface area (Å²) in [5, 5.41) is 0. The third kappa shape index (κ3) is 1.97. The van der Waals surface area contributed by atoms with E-state index in [0.29, 0.717) is 4.85 Å². The Morgan fingerprint density at radius 3 is 2.54 bits per heavy atom. The fourth-order valence-corrected chi connectivity index (χ4v) is 8.98. The number of hydrogen-bond donors (Lipinski definition) is 0. The van der Waals surface area contributed by atoms with Crippen LogP contribution in [-0.4, -0.2) is 29.0 Å². The van der Waals surface area contributed by atoms with E-state index in [4.69, 9.17) is 4.74 Å². The number of hydrogen-bond acceptors (Lipinski definition) is 1. The van der Waals surface area contributed by atoms with Crippen molar-refractivity contribution in [1.29, 1.82) is 0 Å². The van der Waals surface area contributed by atoms with E-state index in [2.05, 4.69) is 31.9 Å². The molecule has 1 nitrogen and oxygen atoms in total. The van der Waals surface area contributed by atoms with Gasteiger partial charge in [-0.15, -0.1) is 6.58 Å². The maximum Gasteiger partial charge on any atom is 0.103 e. The molecule has 0 radical (unpaired) electrons. The Morgan fingerprint density at radius 1 is 1.46 bits per heavy atom. The Hall–Kier alpha value is 0.134. The zero-order valence-corrected chi connectivity index (χ0v) is 11.6. The topological polar surface area (TPSA) is 9.23 Å². The molecule has 1 saturated heterocycles. The molecule has 0 spiro atoms. The fourth-order valence-electron chi connectivity index (χ4n) is 2.28. The molecule has 1 unspecified atom stereocenters. The first-order valence-electron chi connectivity index (χ1n) is 5.35. The average Bonchev–Trinajstić information content (AvgIpc) is 2.18. The summed E-state index contributed by atoms with van der Waals surface area (Å²) in [7, 11) is -1.41. The molecule has 76 valence electrons. The van der Waals surface area contributed by atoms with E-state index in [1.807, 2.05) is 0 Å². The monoisotopic (exact) mass is 214 g/mol. The van der Waals surface area contributed by atoms with Gasteiger partial charge in [-0.1, -0.05) is 25.3 Å². The second-order valence-electron chi connectivity index (χ2n) is 4.58. The van der Waals surface area contributed by atoms with E-state index in [0.717, 1.165) is 6.61 Å². The number of rotatable bonds is 3. The van der Waals surface area contributed by atoms with Gasteiger partial charge in [0.05, 0.1) is 9.52 Å². The third-order valence-electron chi connectivity index (χ3n) is 3.61. The second-order valence-corrected chi connectivity index (χ2v) is 11.9. The first-order chi connectivity index (χ1) is 6.08. The average molecular weight is 214 g/mol. The van der Waals surface area contributed by atoms with Crippen LogP contribution in [0.1, 0.15) is 19.3 Å². The Labute approximate surface area is 85.4 Å². The molecule has 0 bridgehead atoms. The molecule has 1 aliphatic heterocycles. The summed E-state index contributed by atoms with van der Waals surface area (Å²) in [6.07, 6.45) is 3.93. The van der Waals surface area contributed by atoms with Gasteiger partial charge >= 0.3 is 0 Å². The highest BCUT2D eigenvalue weighted by molar-refractivity contribution is 6.91. The van der Waals surface area contributed by atoms with Crippen molar-refractivity contribution in [3.05, 3.63) is 12.3 Å². The third-order valence-corrected chi connectivity index (χ3v) is 12.9. The van der Waals surface area contributed by atoms with Crippen LogP contribution in [0.2, 0.25) is 19.6 Å². The minimum Gasteiger partial charge on any atom is -0.382 e. The second kappa shape index (κ2) is 4.11. The van der Waals surface area contributed by atoms with Gasteiger partial charge in [0, 0.05) is 11.5 Å². The van der Waals surface area contributed by atoms with Crippen LogP contribution in [0.15, 0.2) is 12.3 Å². The molecule has 3 heteroatoms. The summed E-state index contributed by atoms with van der Waals surface area (Å²) in [4.78, 5) is 0.326. The molecule has 0 aromatic rings. The summed E-state index contributed by atoms with van der Waals surface area (Å²) in [5.41, 5.74) is 2.22. The maximum absolute atomic E-state index is 6.12. The van der Waals surface area contributed by atoms with Gasteiger partial charge in [-0.25, -0.2) is 0 Å². The molecular formula is C10H22OSi2. The summed E-state index contributed by atoms with van der Waals surface area (Å²) in [6, 6.07) is 0. The normalized spacial score (nSPS) is 31.0. The molecule has 1 aliphatic rings. The van der Waals surface area contributed by atoms with Crippen LogP contribution in [0.3, 0.4) is 0 Å². The molecule has 1 rings (SSSR count). The van der Waals surface area contributed by atoms with E-state index in [-0.39, 0.29) is 9.52 Å². The Balaban J connectivity index is 2.84. The fraction of sp³-hybridized carbons (Fsp3) is 0.800. The van der Waals surface area contributed by atoms with Crippen LogP contribution in [0, 0.1) is 0 Å². The molecule has 1 heterocycles. The molecular weight excluding hydrogens is 192 g/mol. The minimum atomic E-state index is -1.32. The van der Waals surface area contributed by atoms with Gasteiger partial charge in [-0.2, -0.15) is 0 Å². The van der Waals surface area contributed by atoms with Crippen LogP contribution < -0.4 is 0 Å². The van der Waals surface area contributed by atoms with Gasteiger partial charge in [0.15, 0.2) is 0 Å². The van der Waals surface area contributed by atoms with Crippen molar-refractivity contribution >= 4 is 17.6 Å². The lowest BCUT2D eigenvalue weighted by molar-refractivity contribution is 0.0290. The first-order valence-corrected chi connectivity index (χ1v) is 10.6. The molecule has 0 amide bonds. The lowest BCUT2D eigenvalue weighted by atomic mass is 10.2. The molecule has 0 saturated carbocycles. The molecule has 1 fully saturated rings. The summed E-state index contributed by atoms with van der Waals surface area (Å²) < 4.78 is 6.12. The highest BCUT2D eigenvalue weighted by Gasteiger charge is 2.45. The largest absolute Gasteiger partial charge is 0.382 e. The van der Waals surface area contributed by atoms with Gasteiger partial charge in [0.1, 0.15) is 8.07 Å². The summed E-state index contributed by atoms with van der Waals surface area (Å²) >= 11 is 0. The van der Waals surface area contributed by atoms with Crippen LogP contribution >= 0.6 is 0 Å². The van der Waals surface area contributed by atoms with E-state index in [1.165, 1.54) is 19.3 Å². The van der Waals surface area contributed by atoms with Gasteiger partial charge in [-0.3, -0.25) is 0 Å². The van der Waals surface area contributed by atoms with Crippen LogP contribution in [0.4, 0.5) is 0 Å². The first kappa shape index (κ1) is 11.2. The van der Waals surface area contributed by atoms with Gasteiger partial charge < -0.3 is 4.74 Å². The van der Waals surface area contributed by atoms with Crippen LogP contribution in [0.25, 0.3) is 0 Å². The Bertz CT molecular complexity index is 183. The van der Waals surface area contributed by atoms with Crippen molar-refractivity contribution in [3.63, 3.8) is 0 Å². The van der Waals surface area contributed by atoms with Crippen molar-refractivity contribution in [2.45, 2.75) is 43.8 Å². The van der Waals surface area contributed by atoms with Gasteiger partial charge in [0.25, 0.3) is 0 Å². The molecule has 0 N–H and O–H groups in total. The minimum absolute atomic E-state index is 0.0855. The van der Waals surface area contributed by atoms with Crippen molar-refractivity contribution in [3.8, 4) is 0 Å². The van der Waals surface area contributed by atoms with E-state index < -0.39 is 8.07 Å². The lowest BCUT2D eigenvalue weighted by Gasteiger charge is -2.46. The highest BCUT2D eigenvalue weighted by Crippen LogP contribution is 2.33. The maximum atomic E-state index is 6.12. The Morgan fingerprint density at radius 2 is 2.15 bits per heavy atom. The van der Waals surface area contributed by atoms with E-state index in [1.54, 1.807) is 0 Å². The van der Waals surface area contributed by atoms with Crippen LogP contribution in [-0.2, 0) is 4.74 Å². The zero-order valence-electron chi connectivity index (χ0n) is 9.23. The SMILES string of the molecule is C=C[Si](C)(C)C1([SiH2]C)CCCCO1. The van der Waals surface area contributed by atoms with Crippen LogP contribution in [0.5, 0.6) is 0 Å². The zero-order chi connectivity index (χ0) is 9.95. The van der Waals surface area contributed by atoms with Crippen molar-refractivity contribution < 1.29 is 4.74 Å². The van der Waals surface area contributed by atoms with Crippen molar-refractivity contribution in [2.75, 3.05) is 6.61 Å². The quantitative estimate of drug-likeness (QED) is 0.654. The number of ether oxygens (including phenoxy) is 1. The predicted octanol–water partition coefficient (Wildman–Crippen LogP) is 2.07. The standard InChI is InChI=1S/C10H22OSi2/c1-5-13(3,4)10(12-2)8-6-7-9-11-10/h5H,1,6-9,12H2,2-4H3. The lowest BCUT2D eigenvalue weighted by Crippen LogP contribution is -2.60. The molecule has 0 aliphatic carbocycles. The van der Waals surface area contributed by atoms with E-state index in [9.17, 15) is 0 Å². The van der Waals surface area contributed by atoms with Crippen molar-refractivity contribution in [1.82, 2.24) is 0 Å².